The summed E-state index contributed by atoms with van der Waals surface area (Å²) < 4.78 is 0. The minimum Gasteiger partial charge on any atom is -0.352 e. The van der Waals surface area contributed by atoms with Gasteiger partial charge in [-0.05, 0) is 52.8 Å². The fourth-order valence-corrected chi connectivity index (χ4v) is 3.39. The number of carbonyl (C=O) groups excluding carboxylic acids is 1. The number of hydrogen-bond acceptors (Lipinski definition) is 2. The molecule has 1 N–H and O–H groups in total. The normalized spacial score (nSPS) is 17.6. The van der Waals surface area contributed by atoms with Crippen molar-refractivity contribution in [3.05, 3.63) is 58.8 Å². The van der Waals surface area contributed by atoms with Gasteiger partial charge < -0.3 is 5.32 Å². The third-order valence-corrected chi connectivity index (χ3v) is 4.63. The summed E-state index contributed by atoms with van der Waals surface area (Å²) in [6, 6.07) is 10.4. The van der Waals surface area contributed by atoms with E-state index in [4.69, 9.17) is 0 Å². The summed E-state index contributed by atoms with van der Waals surface area (Å²) in [5.74, 6) is 0.322. The predicted molar refractivity (Wildman–Crippen MR) is 88.1 cm³/mol. The molecule has 0 spiro atoms. The number of amides is 1. The largest absolute Gasteiger partial charge is 0.352 e. The fourth-order valence-electron chi connectivity index (χ4n) is 2.73. The Hall–Kier alpha value is -1.87. The van der Waals surface area contributed by atoms with E-state index in [9.17, 15) is 4.79 Å². The molecule has 1 aliphatic carbocycles. The van der Waals surface area contributed by atoms with Crippen molar-refractivity contribution in [1.29, 1.82) is 0 Å². The summed E-state index contributed by atoms with van der Waals surface area (Å²) in [6.07, 6.45) is 7.14. The molecule has 0 radical (unpaired) electrons. The van der Waals surface area contributed by atoms with Gasteiger partial charge in [0, 0.05) is 12.5 Å². The third kappa shape index (κ3) is 3.42. The zero-order valence-electron chi connectivity index (χ0n) is 11.9. The fraction of sp³-hybridized carbons (Fsp3) is 0.278. The van der Waals surface area contributed by atoms with E-state index < -0.39 is 0 Å². The number of allylic oxidation sites excluding steroid dienone is 2. The molecule has 1 aromatic carbocycles. The lowest BCUT2D eigenvalue weighted by Crippen LogP contribution is -2.30. The number of benzene rings is 1. The van der Waals surface area contributed by atoms with E-state index in [1.807, 2.05) is 12.1 Å². The smallest absolute Gasteiger partial charge is 0.223 e. The Labute approximate surface area is 129 Å². The van der Waals surface area contributed by atoms with Crippen LogP contribution in [0.5, 0.6) is 0 Å². The SMILES string of the molecule is O=C(NCc1ccccc1-c1ccsc1)[C@@H]1CC=CCC1. The Morgan fingerprint density at radius 1 is 1.24 bits per heavy atom. The van der Waals surface area contributed by atoms with Gasteiger partial charge in [-0.2, -0.15) is 11.3 Å². The van der Waals surface area contributed by atoms with Gasteiger partial charge in [-0.15, -0.1) is 0 Å². The molecular weight excluding hydrogens is 278 g/mol. The molecule has 1 aromatic heterocycles. The first-order valence-corrected chi connectivity index (χ1v) is 8.32. The van der Waals surface area contributed by atoms with Crippen molar-refractivity contribution in [2.75, 3.05) is 0 Å². The topological polar surface area (TPSA) is 29.1 Å². The molecule has 2 aromatic rings. The van der Waals surface area contributed by atoms with Crippen molar-refractivity contribution in [2.24, 2.45) is 5.92 Å². The Morgan fingerprint density at radius 2 is 2.14 bits per heavy atom. The summed E-state index contributed by atoms with van der Waals surface area (Å²) in [5.41, 5.74) is 3.61. The molecule has 3 heteroatoms. The highest BCUT2D eigenvalue weighted by Crippen LogP contribution is 2.26. The number of nitrogens with one attached hydrogen (secondary N) is 1. The number of thiophene rings is 1. The standard InChI is InChI=1S/C18H19NOS/c20-18(14-6-2-1-3-7-14)19-12-15-8-4-5-9-17(15)16-10-11-21-13-16/h1-2,4-5,8-11,13-14H,3,6-7,12H2,(H,19,20)/t14-/m1/s1. The molecule has 2 nitrogen and oxygen atoms in total. The summed E-state index contributed by atoms with van der Waals surface area (Å²) >= 11 is 1.70. The van der Waals surface area contributed by atoms with E-state index in [0.29, 0.717) is 6.54 Å². The Bertz CT molecular complexity index is 630. The predicted octanol–water partition coefficient (Wildman–Crippen LogP) is 4.39. The van der Waals surface area contributed by atoms with E-state index in [2.05, 4.69) is 46.4 Å². The van der Waals surface area contributed by atoms with Gasteiger partial charge in [0.25, 0.3) is 0 Å². The number of rotatable bonds is 4. The Morgan fingerprint density at radius 3 is 2.90 bits per heavy atom. The molecule has 0 saturated heterocycles. The van der Waals surface area contributed by atoms with Crippen LogP contribution in [0.4, 0.5) is 0 Å². The molecule has 108 valence electrons. The van der Waals surface area contributed by atoms with Gasteiger partial charge in [0.1, 0.15) is 0 Å². The van der Waals surface area contributed by atoms with Crippen LogP contribution >= 0.6 is 11.3 Å². The van der Waals surface area contributed by atoms with Crippen LogP contribution in [0.3, 0.4) is 0 Å². The Kier molecular flexibility index (Phi) is 4.51. The molecule has 3 rings (SSSR count). The minimum absolute atomic E-state index is 0.142. The van der Waals surface area contributed by atoms with Crippen LogP contribution in [0.1, 0.15) is 24.8 Å². The van der Waals surface area contributed by atoms with Gasteiger partial charge in [0.2, 0.25) is 5.91 Å². The zero-order chi connectivity index (χ0) is 14.5. The third-order valence-electron chi connectivity index (χ3n) is 3.94. The average Bonchev–Trinajstić information content (AvgIpc) is 3.08. The maximum Gasteiger partial charge on any atom is 0.223 e. The van der Waals surface area contributed by atoms with Gasteiger partial charge >= 0.3 is 0 Å². The van der Waals surface area contributed by atoms with E-state index in [1.165, 1.54) is 16.7 Å². The van der Waals surface area contributed by atoms with Gasteiger partial charge in [-0.3, -0.25) is 4.79 Å². The molecule has 0 saturated carbocycles. The van der Waals surface area contributed by atoms with Crippen molar-refractivity contribution in [3.8, 4) is 11.1 Å². The van der Waals surface area contributed by atoms with Crippen LogP contribution in [0, 0.1) is 5.92 Å². The van der Waals surface area contributed by atoms with Crippen molar-refractivity contribution < 1.29 is 4.79 Å². The zero-order valence-corrected chi connectivity index (χ0v) is 12.7. The summed E-state index contributed by atoms with van der Waals surface area (Å²) in [6.45, 7) is 0.602. The molecule has 1 aliphatic rings. The molecule has 0 unspecified atom stereocenters. The first kappa shape index (κ1) is 14.1. The first-order chi connectivity index (χ1) is 10.3. The van der Waals surface area contributed by atoms with Crippen LogP contribution in [0.2, 0.25) is 0 Å². The summed E-state index contributed by atoms with van der Waals surface area (Å²) in [4.78, 5) is 12.2. The van der Waals surface area contributed by atoms with E-state index in [1.54, 1.807) is 11.3 Å². The van der Waals surface area contributed by atoms with Crippen LogP contribution < -0.4 is 5.32 Å². The van der Waals surface area contributed by atoms with Gasteiger partial charge in [0.05, 0.1) is 0 Å². The molecule has 1 heterocycles. The second kappa shape index (κ2) is 6.72. The van der Waals surface area contributed by atoms with Crippen molar-refractivity contribution in [2.45, 2.75) is 25.8 Å². The highest BCUT2D eigenvalue weighted by atomic mass is 32.1. The van der Waals surface area contributed by atoms with Gasteiger partial charge in [-0.25, -0.2) is 0 Å². The number of carbonyl (C=O) groups is 1. The summed E-state index contributed by atoms with van der Waals surface area (Å²) in [7, 11) is 0. The van der Waals surface area contributed by atoms with E-state index >= 15 is 0 Å². The van der Waals surface area contributed by atoms with Crippen molar-refractivity contribution in [3.63, 3.8) is 0 Å². The van der Waals surface area contributed by atoms with Crippen LogP contribution in [0.25, 0.3) is 11.1 Å². The van der Waals surface area contributed by atoms with Crippen molar-refractivity contribution >= 4 is 17.2 Å². The van der Waals surface area contributed by atoms with Crippen LogP contribution in [0.15, 0.2) is 53.2 Å². The van der Waals surface area contributed by atoms with Crippen LogP contribution in [-0.4, -0.2) is 5.91 Å². The molecule has 1 amide bonds. The lowest BCUT2D eigenvalue weighted by Gasteiger charge is -2.18. The van der Waals surface area contributed by atoms with Gasteiger partial charge in [0.15, 0.2) is 0 Å². The molecular formula is C18H19NOS. The second-order valence-electron chi connectivity index (χ2n) is 5.37. The lowest BCUT2D eigenvalue weighted by atomic mass is 9.93. The molecule has 0 aliphatic heterocycles. The first-order valence-electron chi connectivity index (χ1n) is 7.38. The van der Waals surface area contributed by atoms with Crippen molar-refractivity contribution in [1.82, 2.24) is 5.32 Å². The average molecular weight is 297 g/mol. The minimum atomic E-state index is 0.142. The van der Waals surface area contributed by atoms with E-state index in [0.717, 1.165) is 19.3 Å². The highest BCUT2D eigenvalue weighted by Gasteiger charge is 2.18. The molecule has 21 heavy (non-hydrogen) atoms. The maximum absolute atomic E-state index is 12.2. The quantitative estimate of drug-likeness (QED) is 0.833. The lowest BCUT2D eigenvalue weighted by molar-refractivity contribution is -0.125. The molecule has 0 fully saturated rings. The van der Waals surface area contributed by atoms with Crippen LogP contribution in [-0.2, 0) is 11.3 Å². The molecule has 0 bridgehead atoms. The monoisotopic (exact) mass is 297 g/mol. The van der Waals surface area contributed by atoms with Gasteiger partial charge in [-0.1, -0.05) is 36.4 Å². The molecule has 1 atom stereocenters. The summed E-state index contributed by atoms with van der Waals surface area (Å²) in [5, 5.41) is 7.33. The highest BCUT2D eigenvalue weighted by molar-refractivity contribution is 7.08. The maximum atomic E-state index is 12.2. The van der Waals surface area contributed by atoms with E-state index in [-0.39, 0.29) is 11.8 Å². The number of hydrogen-bond donors (Lipinski definition) is 1. The Balaban J connectivity index is 1.68. The second-order valence-corrected chi connectivity index (χ2v) is 6.15.